The van der Waals surface area contributed by atoms with E-state index < -0.39 is 0 Å². The van der Waals surface area contributed by atoms with Gasteiger partial charge in [0.1, 0.15) is 0 Å². The molecule has 0 heteroatoms. The lowest BCUT2D eigenvalue weighted by Crippen LogP contribution is -2.25. The van der Waals surface area contributed by atoms with Gasteiger partial charge in [-0.05, 0) is 54.9 Å². The monoisotopic (exact) mass is 328 g/mol. The SMILES string of the molecule is C=Cc1ccccc1.CC.CCCC1CCC2(CCCC(C)C2)C1. The van der Waals surface area contributed by atoms with Gasteiger partial charge in [-0.25, -0.2) is 0 Å². The molecule has 0 bridgehead atoms. The average Bonchev–Trinajstić information content (AvgIpc) is 3.00. The number of benzene rings is 1. The third kappa shape index (κ3) is 6.83. The van der Waals surface area contributed by atoms with Crippen molar-refractivity contribution in [2.75, 3.05) is 0 Å². The highest BCUT2D eigenvalue weighted by Gasteiger charge is 2.40. The molecule has 1 aromatic rings. The number of hydrogen-bond donors (Lipinski definition) is 0. The molecule has 0 N–H and O–H groups in total. The van der Waals surface area contributed by atoms with E-state index in [9.17, 15) is 0 Å². The van der Waals surface area contributed by atoms with Gasteiger partial charge in [-0.1, -0.05) is 96.4 Å². The minimum absolute atomic E-state index is 0.817. The van der Waals surface area contributed by atoms with Crippen molar-refractivity contribution in [1.29, 1.82) is 0 Å². The topological polar surface area (TPSA) is 0 Å². The Hall–Kier alpha value is -1.04. The molecule has 3 unspecified atom stereocenters. The van der Waals surface area contributed by atoms with E-state index in [1.165, 1.54) is 31.2 Å². The van der Waals surface area contributed by atoms with Crippen LogP contribution in [0.25, 0.3) is 6.08 Å². The van der Waals surface area contributed by atoms with Gasteiger partial charge < -0.3 is 0 Å². The Bertz CT molecular complexity index is 433. The maximum atomic E-state index is 3.63. The highest BCUT2D eigenvalue weighted by molar-refractivity contribution is 5.45. The van der Waals surface area contributed by atoms with E-state index in [-0.39, 0.29) is 0 Å². The van der Waals surface area contributed by atoms with E-state index >= 15 is 0 Å². The normalized spacial score (nSPS) is 28.3. The van der Waals surface area contributed by atoms with Crippen molar-refractivity contribution in [3.05, 3.63) is 42.5 Å². The molecular formula is C24H40. The fraction of sp³-hybridized carbons (Fsp3) is 0.667. The smallest absolute Gasteiger partial charge is 0.0263 e. The summed E-state index contributed by atoms with van der Waals surface area (Å²) in [6.45, 7) is 12.4. The molecule has 3 rings (SSSR count). The largest absolute Gasteiger partial charge is 0.0985 e. The fourth-order valence-electron chi connectivity index (χ4n) is 4.75. The van der Waals surface area contributed by atoms with Gasteiger partial charge in [0.25, 0.3) is 0 Å². The predicted molar refractivity (Wildman–Crippen MR) is 110 cm³/mol. The van der Waals surface area contributed by atoms with Crippen LogP contribution in [0.1, 0.15) is 91.0 Å². The summed E-state index contributed by atoms with van der Waals surface area (Å²) >= 11 is 0. The molecule has 24 heavy (non-hydrogen) atoms. The van der Waals surface area contributed by atoms with Crippen LogP contribution in [0.3, 0.4) is 0 Å². The summed E-state index contributed by atoms with van der Waals surface area (Å²) in [5.41, 5.74) is 1.99. The average molecular weight is 329 g/mol. The molecule has 136 valence electrons. The van der Waals surface area contributed by atoms with Crippen molar-refractivity contribution in [2.24, 2.45) is 17.3 Å². The van der Waals surface area contributed by atoms with E-state index in [4.69, 9.17) is 0 Å². The summed E-state index contributed by atoms with van der Waals surface area (Å²) in [5.74, 6) is 2.11. The molecule has 0 radical (unpaired) electrons. The second-order valence-corrected chi connectivity index (χ2v) is 7.71. The Morgan fingerprint density at radius 2 is 1.79 bits per heavy atom. The first kappa shape index (κ1) is 21.0. The van der Waals surface area contributed by atoms with Gasteiger partial charge in [0, 0.05) is 0 Å². The zero-order valence-corrected chi connectivity index (χ0v) is 16.7. The van der Waals surface area contributed by atoms with E-state index in [2.05, 4.69) is 20.4 Å². The van der Waals surface area contributed by atoms with Crippen LogP contribution in [0.2, 0.25) is 0 Å². The quantitative estimate of drug-likeness (QED) is 0.525. The molecule has 2 fully saturated rings. The van der Waals surface area contributed by atoms with Crippen LogP contribution in [0.4, 0.5) is 0 Å². The van der Waals surface area contributed by atoms with Crippen LogP contribution in [0.5, 0.6) is 0 Å². The highest BCUT2D eigenvalue weighted by Crippen LogP contribution is 2.53. The Kier molecular flexibility index (Phi) is 10.1. The Labute approximate surface area is 151 Å². The Balaban J connectivity index is 0.000000245. The molecule has 0 heterocycles. The molecule has 0 aliphatic heterocycles. The molecule has 1 aromatic carbocycles. The van der Waals surface area contributed by atoms with Crippen LogP contribution in [-0.2, 0) is 0 Å². The van der Waals surface area contributed by atoms with Crippen molar-refractivity contribution in [1.82, 2.24) is 0 Å². The summed E-state index contributed by atoms with van der Waals surface area (Å²) in [5, 5.41) is 0. The van der Waals surface area contributed by atoms with E-state index in [1.807, 2.05) is 50.3 Å². The van der Waals surface area contributed by atoms with E-state index in [0.29, 0.717) is 0 Å². The standard InChI is InChI=1S/C14H26.C8H8.C2H6/c1-3-5-13-7-9-14(11-13)8-4-6-12(2)10-14;1-2-8-6-4-3-5-7-8;1-2/h12-13H,3-11H2,1-2H3;2-7H,1H2;1-2H3. The van der Waals surface area contributed by atoms with Gasteiger partial charge in [-0.3, -0.25) is 0 Å². The number of hydrogen-bond acceptors (Lipinski definition) is 0. The summed E-state index contributed by atoms with van der Waals surface area (Å²) < 4.78 is 0. The van der Waals surface area contributed by atoms with Gasteiger partial charge in [-0.15, -0.1) is 0 Å². The van der Waals surface area contributed by atoms with Gasteiger partial charge in [0.15, 0.2) is 0 Å². The van der Waals surface area contributed by atoms with Gasteiger partial charge >= 0.3 is 0 Å². The lowest BCUT2D eigenvalue weighted by Gasteiger charge is -2.37. The Morgan fingerprint density at radius 1 is 1.08 bits per heavy atom. The summed E-state index contributed by atoms with van der Waals surface area (Å²) in [6.07, 6.45) is 15.5. The third-order valence-corrected chi connectivity index (χ3v) is 5.72. The molecular weight excluding hydrogens is 288 g/mol. The first-order valence-electron chi connectivity index (χ1n) is 10.3. The molecule has 2 saturated carbocycles. The molecule has 0 saturated heterocycles. The fourth-order valence-corrected chi connectivity index (χ4v) is 4.75. The first-order chi connectivity index (χ1) is 11.7. The molecule has 2 aliphatic carbocycles. The minimum atomic E-state index is 0.817. The van der Waals surface area contributed by atoms with Gasteiger partial charge in [0.05, 0.1) is 0 Å². The number of rotatable bonds is 3. The summed E-state index contributed by atoms with van der Waals surface area (Å²) in [4.78, 5) is 0. The molecule has 1 spiro atoms. The lowest BCUT2D eigenvalue weighted by molar-refractivity contribution is 0.146. The van der Waals surface area contributed by atoms with Crippen LogP contribution in [0.15, 0.2) is 36.9 Å². The Morgan fingerprint density at radius 3 is 2.33 bits per heavy atom. The zero-order valence-electron chi connectivity index (χ0n) is 16.7. The first-order valence-corrected chi connectivity index (χ1v) is 10.3. The zero-order chi connectivity index (χ0) is 17.8. The maximum Gasteiger partial charge on any atom is -0.0263 e. The predicted octanol–water partition coefficient (Wildman–Crippen LogP) is 8.14. The molecule has 0 nitrogen and oxygen atoms in total. The molecule has 3 atom stereocenters. The van der Waals surface area contributed by atoms with Crippen molar-refractivity contribution in [2.45, 2.75) is 85.5 Å². The van der Waals surface area contributed by atoms with Crippen molar-refractivity contribution < 1.29 is 0 Å². The minimum Gasteiger partial charge on any atom is -0.0985 e. The molecule has 0 aromatic heterocycles. The lowest BCUT2D eigenvalue weighted by atomic mass is 9.68. The molecule has 0 amide bonds. The summed E-state index contributed by atoms with van der Waals surface area (Å²) in [6, 6.07) is 10.0. The van der Waals surface area contributed by atoms with Crippen molar-refractivity contribution >= 4 is 6.08 Å². The van der Waals surface area contributed by atoms with Crippen LogP contribution in [-0.4, -0.2) is 0 Å². The second-order valence-electron chi connectivity index (χ2n) is 7.71. The van der Waals surface area contributed by atoms with Crippen molar-refractivity contribution in [3.8, 4) is 0 Å². The maximum absolute atomic E-state index is 3.63. The van der Waals surface area contributed by atoms with Gasteiger partial charge in [-0.2, -0.15) is 0 Å². The van der Waals surface area contributed by atoms with E-state index in [0.717, 1.165) is 17.3 Å². The van der Waals surface area contributed by atoms with Crippen molar-refractivity contribution in [3.63, 3.8) is 0 Å². The molecule has 2 aliphatic rings. The van der Waals surface area contributed by atoms with Crippen LogP contribution in [0, 0.1) is 17.3 Å². The van der Waals surface area contributed by atoms with E-state index in [1.54, 1.807) is 32.1 Å². The van der Waals surface area contributed by atoms with Crippen LogP contribution < -0.4 is 0 Å². The third-order valence-electron chi connectivity index (χ3n) is 5.72. The summed E-state index contributed by atoms with van der Waals surface area (Å²) in [7, 11) is 0. The van der Waals surface area contributed by atoms with Crippen LogP contribution >= 0.6 is 0 Å². The van der Waals surface area contributed by atoms with Gasteiger partial charge in [0.2, 0.25) is 0 Å². The second kappa shape index (κ2) is 11.5. The highest BCUT2D eigenvalue weighted by atomic mass is 14.5.